The van der Waals surface area contributed by atoms with Crippen molar-refractivity contribution in [3.8, 4) is 0 Å². The Hall–Kier alpha value is -0.580. The number of aromatic nitrogens is 2. The molecule has 0 aliphatic carbocycles. The molecule has 0 bridgehead atoms. The van der Waals surface area contributed by atoms with Gasteiger partial charge in [-0.2, -0.15) is 5.10 Å². The minimum atomic E-state index is 0. The SMILES string of the molecule is CCCNc1nnccc1CN.Cl.Cl. The standard InChI is InChI=1S/C8H14N4.2ClH/c1-2-4-10-8-7(6-9)3-5-11-12-8;;/h3,5H,2,4,6,9H2,1H3,(H,10,12);2*1H. The maximum absolute atomic E-state index is 5.51. The molecule has 0 aliphatic heterocycles. The van der Waals surface area contributed by atoms with E-state index in [0.717, 1.165) is 24.3 Å². The van der Waals surface area contributed by atoms with E-state index in [1.165, 1.54) is 0 Å². The van der Waals surface area contributed by atoms with Crippen molar-refractivity contribution >= 4 is 30.6 Å². The number of halogens is 2. The van der Waals surface area contributed by atoms with Gasteiger partial charge in [-0.05, 0) is 12.5 Å². The van der Waals surface area contributed by atoms with Crippen LogP contribution in [0.15, 0.2) is 12.3 Å². The predicted octanol–water partition coefficient (Wildman–Crippen LogP) is 1.60. The van der Waals surface area contributed by atoms with Crippen LogP contribution in [-0.4, -0.2) is 16.7 Å². The van der Waals surface area contributed by atoms with Gasteiger partial charge in [0.25, 0.3) is 0 Å². The highest BCUT2D eigenvalue weighted by Gasteiger charge is 1.99. The number of nitrogens with one attached hydrogen (secondary N) is 1. The fourth-order valence-electron chi connectivity index (χ4n) is 0.915. The van der Waals surface area contributed by atoms with Crippen molar-refractivity contribution in [3.05, 3.63) is 17.8 Å². The van der Waals surface area contributed by atoms with Crippen molar-refractivity contribution in [2.45, 2.75) is 19.9 Å². The number of anilines is 1. The molecule has 3 N–H and O–H groups in total. The van der Waals surface area contributed by atoms with Crippen LogP contribution in [0.25, 0.3) is 0 Å². The van der Waals surface area contributed by atoms with Gasteiger partial charge >= 0.3 is 0 Å². The molecule has 14 heavy (non-hydrogen) atoms. The van der Waals surface area contributed by atoms with E-state index in [0.29, 0.717) is 6.54 Å². The van der Waals surface area contributed by atoms with Crippen molar-refractivity contribution in [3.63, 3.8) is 0 Å². The van der Waals surface area contributed by atoms with Gasteiger partial charge in [0.1, 0.15) is 0 Å². The molecular weight excluding hydrogens is 223 g/mol. The highest BCUT2D eigenvalue weighted by Crippen LogP contribution is 2.08. The third kappa shape index (κ3) is 4.60. The van der Waals surface area contributed by atoms with Crippen LogP contribution in [0, 0.1) is 0 Å². The van der Waals surface area contributed by atoms with E-state index in [1.54, 1.807) is 6.20 Å². The van der Waals surface area contributed by atoms with Gasteiger partial charge in [-0.3, -0.25) is 0 Å². The van der Waals surface area contributed by atoms with Crippen molar-refractivity contribution in [2.75, 3.05) is 11.9 Å². The lowest BCUT2D eigenvalue weighted by molar-refractivity contribution is 0.917. The van der Waals surface area contributed by atoms with Crippen LogP contribution in [-0.2, 0) is 6.54 Å². The summed E-state index contributed by atoms with van der Waals surface area (Å²) < 4.78 is 0. The summed E-state index contributed by atoms with van der Waals surface area (Å²) in [5.74, 6) is 0.807. The monoisotopic (exact) mass is 238 g/mol. The Labute approximate surface area is 96.5 Å². The van der Waals surface area contributed by atoms with E-state index in [1.807, 2.05) is 6.07 Å². The summed E-state index contributed by atoms with van der Waals surface area (Å²) in [5.41, 5.74) is 6.53. The Balaban J connectivity index is 0. The molecule has 0 spiro atoms. The van der Waals surface area contributed by atoms with Crippen LogP contribution in [0.2, 0.25) is 0 Å². The fourth-order valence-corrected chi connectivity index (χ4v) is 0.915. The molecule has 6 heteroatoms. The smallest absolute Gasteiger partial charge is 0.153 e. The van der Waals surface area contributed by atoms with E-state index in [4.69, 9.17) is 5.73 Å². The molecule has 0 aliphatic rings. The largest absolute Gasteiger partial charge is 0.368 e. The Morgan fingerprint density at radius 2 is 2.14 bits per heavy atom. The van der Waals surface area contributed by atoms with E-state index >= 15 is 0 Å². The van der Waals surface area contributed by atoms with Gasteiger partial charge < -0.3 is 11.1 Å². The third-order valence-corrected chi connectivity index (χ3v) is 1.57. The Morgan fingerprint density at radius 3 is 2.71 bits per heavy atom. The first-order valence-corrected chi connectivity index (χ1v) is 4.13. The van der Waals surface area contributed by atoms with Crippen molar-refractivity contribution < 1.29 is 0 Å². The minimum Gasteiger partial charge on any atom is -0.368 e. The van der Waals surface area contributed by atoms with Crippen molar-refractivity contribution in [2.24, 2.45) is 5.73 Å². The molecule has 82 valence electrons. The highest BCUT2D eigenvalue weighted by atomic mass is 35.5. The molecule has 0 saturated heterocycles. The summed E-state index contributed by atoms with van der Waals surface area (Å²) in [6.07, 6.45) is 2.72. The number of nitrogens with zero attached hydrogens (tertiary/aromatic N) is 2. The number of rotatable bonds is 4. The number of hydrogen-bond donors (Lipinski definition) is 2. The van der Waals surface area contributed by atoms with Gasteiger partial charge in [-0.25, -0.2) is 0 Å². The van der Waals surface area contributed by atoms with Crippen LogP contribution >= 0.6 is 24.8 Å². The van der Waals surface area contributed by atoms with Gasteiger partial charge in [0.05, 0.1) is 6.20 Å². The first kappa shape index (κ1) is 15.9. The lowest BCUT2D eigenvalue weighted by Crippen LogP contribution is -2.08. The summed E-state index contributed by atoms with van der Waals surface area (Å²) in [7, 11) is 0. The topological polar surface area (TPSA) is 63.8 Å². The molecule has 1 aromatic heterocycles. The lowest BCUT2D eigenvalue weighted by atomic mass is 10.3. The van der Waals surface area contributed by atoms with E-state index in [2.05, 4.69) is 22.4 Å². The number of nitrogens with two attached hydrogens (primary N) is 1. The lowest BCUT2D eigenvalue weighted by Gasteiger charge is -2.06. The van der Waals surface area contributed by atoms with Crippen LogP contribution in [0.4, 0.5) is 5.82 Å². The molecule has 0 unspecified atom stereocenters. The highest BCUT2D eigenvalue weighted by molar-refractivity contribution is 5.85. The van der Waals surface area contributed by atoms with Gasteiger partial charge in [0, 0.05) is 18.7 Å². The van der Waals surface area contributed by atoms with Gasteiger partial charge in [0.15, 0.2) is 5.82 Å². The first-order valence-electron chi connectivity index (χ1n) is 4.13. The maximum atomic E-state index is 5.51. The zero-order valence-corrected chi connectivity index (χ0v) is 9.70. The van der Waals surface area contributed by atoms with Crippen LogP contribution in [0.3, 0.4) is 0 Å². The normalized spacial score (nSPS) is 8.43. The molecule has 1 rings (SSSR count). The summed E-state index contributed by atoms with van der Waals surface area (Å²) in [6.45, 7) is 3.51. The molecule has 0 amide bonds. The molecule has 4 nitrogen and oxygen atoms in total. The molecule has 1 aromatic rings. The molecule has 0 saturated carbocycles. The van der Waals surface area contributed by atoms with E-state index in [9.17, 15) is 0 Å². The summed E-state index contributed by atoms with van der Waals surface area (Å²) in [5, 5.41) is 10.9. The molecule has 0 fully saturated rings. The Kier molecular flexibility index (Phi) is 10.2. The molecule has 0 aromatic carbocycles. The first-order chi connectivity index (χ1) is 5.88. The average Bonchev–Trinajstić information content (AvgIpc) is 2.15. The summed E-state index contributed by atoms with van der Waals surface area (Å²) >= 11 is 0. The molecule has 0 radical (unpaired) electrons. The molecular formula is C8H16Cl2N4. The molecule has 0 atom stereocenters. The Bertz CT molecular complexity index is 245. The maximum Gasteiger partial charge on any atom is 0.153 e. The zero-order valence-electron chi connectivity index (χ0n) is 8.06. The van der Waals surface area contributed by atoms with Crippen LogP contribution in [0.1, 0.15) is 18.9 Å². The van der Waals surface area contributed by atoms with Gasteiger partial charge in [-0.15, -0.1) is 29.9 Å². The van der Waals surface area contributed by atoms with Crippen LogP contribution in [0.5, 0.6) is 0 Å². The van der Waals surface area contributed by atoms with E-state index < -0.39 is 0 Å². The summed E-state index contributed by atoms with van der Waals surface area (Å²) in [4.78, 5) is 0. The number of hydrogen-bond acceptors (Lipinski definition) is 4. The second-order valence-electron chi connectivity index (χ2n) is 2.54. The fraction of sp³-hybridized carbons (Fsp3) is 0.500. The Morgan fingerprint density at radius 1 is 1.43 bits per heavy atom. The van der Waals surface area contributed by atoms with Gasteiger partial charge in [0.2, 0.25) is 0 Å². The summed E-state index contributed by atoms with van der Waals surface area (Å²) in [6, 6.07) is 1.88. The van der Waals surface area contributed by atoms with E-state index in [-0.39, 0.29) is 24.8 Å². The van der Waals surface area contributed by atoms with Crippen LogP contribution < -0.4 is 11.1 Å². The second kappa shape index (κ2) is 8.99. The zero-order chi connectivity index (χ0) is 8.81. The minimum absolute atomic E-state index is 0. The molecule has 1 heterocycles. The average molecular weight is 239 g/mol. The van der Waals surface area contributed by atoms with Crippen molar-refractivity contribution in [1.82, 2.24) is 10.2 Å². The van der Waals surface area contributed by atoms with Crippen molar-refractivity contribution in [1.29, 1.82) is 0 Å². The third-order valence-electron chi connectivity index (χ3n) is 1.57. The van der Waals surface area contributed by atoms with Gasteiger partial charge in [-0.1, -0.05) is 6.92 Å². The quantitative estimate of drug-likeness (QED) is 0.837. The second-order valence-corrected chi connectivity index (χ2v) is 2.54. The predicted molar refractivity (Wildman–Crippen MR) is 63.2 cm³/mol.